The van der Waals surface area contributed by atoms with Crippen LogP contribution in [0, 0.1) is 0 Å². The van der Waals surface area contributed by atoms with Gasteiger partial charge in [0, 0.05) is 54.2 Å². The Kier molecular flexibility index (Phi) is 9.51. The van der Waals surface area contributed by atoms with E-state index in [1.54, 1.807) is 29.4 Å². The maximum atomic E-state index is 13.3. The topological polar surface area (TPSA) is 97.8 Å². The Morgan fingerprint density at radius 2 is 1.86 bits per heavy atom. The van der Waals surface area contributed by atoms with Crippen LogP contribution in [0.3, 0.4) is 0 Å². The first kappa shape index (κ1) is 27.3. The maximum Gasteiger partial charge on any atom is 0.491 e. The summed E-state index contributed by atoms with van der Waals surface area (Å²) in [5, 5.41) is 3.48. The number of hydrogen-bond acceptors (Lipinski definition) is 7. The summed E-state index contributed by atoms with van der Waals surface area (Å²) in [4.78, 5) is 41.2. The van der Waals surface area contributed by atoms with E-state index in [1.807, 2.05) is 12.1 Å². The van der Waals surface area contributed by atoms with Gasteiger partial charge in [0.2, 0.25) is 0 Å². The van der Waals surface area contributed by atoms with Crippen molar-refractivity contribution < 1.29 is 37.0 Å². The minimum atomic E-state index is -5.25. The number of nitrogens with zero attached hydrogens (tertiary/aromatic N) is 2. The molecule has 1 aliphatic rings. The lowest BCUT2D eigenvalue weighted by molar-refractivity contribution is -0.201. The molecule has 1 aromatic carbocycles. The van der Waals surface area contributed by atoms with E-state index in [-0.39, 0.29) is 24.9 Å². The van der Waals surface area contributed by atoms with Gasteiger partial charge in [-0.1, -0.05) is 11.6 Å². The van der Waals surface area contributed by atoms with Crippen LogP contribution < -0.4 is 10.1 Å². The van der Waals surface area contributed by atoms with Crippen molar-refractivity contribution >= 4 is 35.1 Å². The molecule has 1 aromatic heterocycles. The van der Waals surface area contributed by atoms with Gasteiger partial charge in [0.15, 0.2) is 0 Å². The Morgan fingerprint density at radius 1 is 1.14 bits per heavy atom. The number of carbonyl (C=O) groups excluding carboxylic acids is 3. The van der Waals surface area contributed by atoms with Crippen LogP contribution >= 0.6 is 11.6 Å². The van der Waals surface area contributed by atoms with Crippen LogP contribution in [0.1, 0.15) is 42.5 Å². The van der Waals surface area contributed by atoms with E-state index < -0.39 is 24.5 Å². The molecule has 1 aliphatic carbocycles. The van der Waals surface area contributed by atoms with Crippen molar-refractivity contribution in [1.82, 2.24) is 9.88 Å². The van der Waals surface area contributed by atoms with Crippen LogP contribution in [-0.4, -0.2) is 59.6 Å². The van der Waals surface area contributed by atoms with Crippen molar-refractivity contribution in [3.05, 3.63) is 53.3 Å². The normalized spacial score (nSPS) is 13.4. The fourth-order valence-electron chi connectivity index (χ4n) is 3.52. The lowest BCUT2D eigenvalue weighted by Gasteiger charge is -2.37. The molecule has 36 heavy (non-hydrogen) atoms. The van der Waals surface area contributed by atoms with Gasteiger partial charge in [-0.25, -0.2) is 4.79 Å². The third-order valence-electron chi connectivity index (χ3n) is 5.49. The van der Waals surface area contributed by atoms with Gasteiger partial charge in [-0.2, -0.15) is 13.2 Å². The molecule has 0 saturated heterocycles. The Balaban J connectivity index is 1.56. The highest BCUT2D eigenvalue weighted by Gasteiger charge is 2.42. The first-order valence-electron chi connectivity index (χ1n) is 11.3. The van der Waals surface area contributed by atoms with E-state index in [0.29, 0.717) is 29.5 Å². The molecule has 1 heterocycles. The summed E-state index contributed by atoms with van der Waals surface area (Å²) in [5.74, 6) is -3.77. The molecule has 0 spiro atoms. The SMILES string of the molecule is O=C(CCCN(C(=O)c1cc(Cl)cc(OCCNc2ccncc2)c1)C1CCC1)OC(=O)C(F)(F)F. The quantitative estimate of drug-likeness (QED) is 0.258. The van der Waals surface area contributed by atoms with Crippen molar-refractivity contribution in [3.8, 4) is 5.75 Å². The molecular formula is C24H25ClF3N3O5. The standard InChI is InChI=1S/C24H25ClF3N3O5/c25-17-13-16(14-20(15-17)35-12-10-30-18-6-8-29-9-7-18)22(33)31(19-3-1-4-19)11-2-5-21(32)36-23(34)24(26,27)28/h6-9,13-15,19H,1-5,10-12H2,(H,29,30). The van der Waals surface area contributed by atoms with E-state index in [9.17, 15) is 27.6 Å². The van der Waals surface area contributed by atoms with E-state index >= 15 is 0 Å². The molecule has 194 valence electrons. The number of halogens is 4. The van der Waals surface area contributed by atoms with Gasteiger partial charge < -0.3 is 19.7 Å². The second-order valence-electron chi connectivity index (χ2n) is 8.13. The fourth-order valence-corrected chi connectivity index (χ4v) is 3.75. The van der Waals surface area contributed by atoms with Crippen molar-refractivity contribution in [3.63, 3.8) is 0 Å². The minimum absolute atomic E-state index is 0.0385. The van der Waals surface area contributed by atoms with E-state index in [1.165, 1.54) is 6.07 Å². The van der Waals surface area contributed by atoms with Gasteiger partial charge in [-0.05, 0) is 56.0 Å². The highest BCUT2D eigenvalue weighted by atomic mass is 35.5. The number of nitrogens with one attached hydrogen (secondary N) is 1. The van der Waals surface area contributed by atoms with Gasteiger partial charge in [0.1, 0.15) is 12.4 Å². The summed E-state index contributed by atoms with van der Waals surface area (Å²) in [7, 11) is 0. The van der Waals surface area contributed by atoms with E-state index in [2.05, 4.69) is 15.0 Å². The highest BCUT2D eigenvalue weighted by molar-refractivity contribution is 6.31. The van der Waals surface area contributed by atoms with Gasteiger partial charge in [0.05, 0.1) is 0 Å². The number of aromatic nitrogens is 1. The molecule has 0 atom stereocenters. The minimum Gasteiger partial charge on any atom is -0.492 e. The van der Waals surface area contributed by atoms with Gasteiger partial charge in [0.25, 0.3) is 5.91 Å². The van der Waals surface area contributed by atoms with Crippen LogP contribution in [0.25, 0.3) is 0 Å². The zero-order valence-corrected chi connectivity index (χ0v) is 20.0. The van der Waals surface area contributed by atoms with Crippen molar-refractivity contribution in [2.75, 3.05) is 25.0 Å². The third kappa shape index (κ3) is 8.11. The number of pyridine rings is 1. The number of rotatable bonds is 11. The molecule has 0 unspecified atom stereocenters. The lowest BCUT2D eigenvalue weighted by atomic mass is 9.90. The molecular weight excluding hydrogens is 503 g/mol. The van der Waals surface area contributed by atoms with Crippen molar-refractivity contribution in [2.45, 2.75) is 44.3 Å². The number of benzene rings is 1. The predicted molar refractivity (Wildman–Crippen MR) is 125 cm³/mol. The smallest absolute Gasteiger partial charge is 0.491 e. The zero-order chi connectivity index (χ0) is 26.1. The van der Waals surface area contributed by atoms with Crippen LogP contribution in [-0.2, 0) is 14.3 Å². The molecule has 12 heteroatoms. The van der Waals surface area contributed by atoms with Crippen LogP contribution in [0.5, 0.6) is 5.75 Å². The number of alkyl halides is 3. The lowest BCUT2D eigenvalue weighted by Crippen LogP contribution is -2.45. The van der Waals surface area contributed by atoms with E-state index in [0.717, 1.165) is 24.9 Å². The average Bonchev–Trinajstić information content (AvgIpc) is 2.79. The Labute approximate surface area is 210 Å². The molecule has 1 fully saturated rings. The number of amides is 1. The molecule has 0 bridgehead atoms. The fraction of sp³-hybridized carbons (Fsp3) is 0.417. The molecule has 1 N–H and O–H groups in total. The largest absolute Gasteiger partial charge is 0.492 e. The summed E-state index contributed by atoms with van der Waals surface area (Å²) in [6.07, 6.45) is 0.161. The maximum absolute atomic E-state index is 13.3. The molecule has 1 saturated carbocycles. The van der Waals surface area contributed by atoms with Crippen LogP contribution in [0.15, 0.2) is 42.7 Å². The number of hydrogen-bond donors (Lipinski definition) is 1. The second kappa shape index (κ2) is 12.6. The van der Waals surface area contributed by atoms with Crippen molar-refractivity contribution in [1.29, 1.82) is 0 Å². The zero-order valence-electron chi connectivity index (χ0n) is 19.2. The molecule has 2 aromatic rings. The average molecular weight is 528 g/mol. The summed E-state index contributed by atoms with van der Waals surface area (Å²) >= 11 is 6.21. The highest BCUT2D eigenvalue weighted by Crippen LogP contribution is 2.29. The Hall–Kier alpha value is -3.34. The summed E-state index contributed by atoms with van der Waals surface area (Å²) < 4.78 is 46.3. The first-order chi connectivity index (χ1) is 17.1. The molecule has 1 amide bonds. The third-order valence-corrected chi connectivity index (χ3v) is 5.71. The van der Waals surface area contributed by atoms with Crippen molar-refractivity contribution in [2.24, 2.45) is 0 Å². The van der Waals surface area contributed by atoms with Gasteiger partial charge >= 0.3 is 18.1 Å². The van der Waals surface area contributed by atoms with Crippen LogP contribution in [0.2, 0.25) is 5.02 Å². The number of ether oxygens (including phenoxy) is 2. The second-order valence-corrected chi connectivity index (χ2v) is 8.57. The first-order valence-corrected chi connectivity index (χ1v) is 11.7. The van der Waals surface area contributed by atoms with Gasteiger partial charge in [-0.3, -0.25) is 14.6 Å². The van der Waals surface area contributed by atoms with Crippen LogP contribution in [0.4, 0.5) is 18.9 Å². The summed E-state index contributed by atoms with van der Waals surface area (Å²) in [5.41, 5.74) is 1.18. The molecule has 0 aliphatic heterocycles. The van der Waals surface area contributed by atoms with Gasteiger partial charge in [-0.15, -0.1) is 0 Å². The predicted octanol–water partition coefficient (Wildman–Crippen LogP) is 4.63. The number of esters is 2. The molecule has 3 rings (SSSR count). The molecule has 0 radical (unpaired) electrons. The number of anilines is 1. The monoisotopic (exact) mass is 527 g/mol. The number of carbonyl (C=O) groups is 3. The Morgan fingerprint density at radius 3 is 2.50 bits per heavy atom. The molecule has 8 nitrogen and oxygen atoms in total. The Bertz CT molecular complexity index is 1060. The summed E-state index contributed by atoms with van der Waals surface area (Å²) in [6, 6.07) is 8.25. The van der Waals surface area contributed by atoms with E-state index in [4.69, 9.17) is 16.3 Å². The summed E-state index contributed by atoms with van der Waals surface area (Å²) in [6.45, 7) is 0.916.